The third kappa shape index (κ3) is 2.85. The second kappa shape index (κ2) is 6.19. The SMILES string of the molecule is CCNC(c1ncccc1F)c1nccnc1OC. The summed E-state index contributed by atoms with van der Waals surface area (Å²) in [6.45, 7) is 2.57. The fourth-order valence-corrected chi connectivity index (χ4v) is 1.83. The van der Waals surface area contributed by atoms with E-state index in [4.69, 9.17) is 4.74 Å². The molecule has 19 heavy (non-hydrogen) atoms. The normalized spacial score (nSPS) is 12.2. The predicted octanol–water partition coefficient (Wildman–Crippen LogP) is 1.72. The minimum absolute atomic E-state index is 0.281. The number of methoxy groups -OCH3 is 1. The molecule has 1 atom stereocenters. The van der Waals surface area contributed by atoms with Crippen LogP contribution in [-0.4, -0.2) is 28.6 Å². The summed E-state index contributed by atoms with van der Waals surface area (Å²) in [5.74, 6) is -0.0281. The van der Waals surface area contributed by atoms with E-state index in [1.807, 2.05) is 6.92 Å². The first-order valence-corrected chi connectivity index (χ1v) is 5.96. The van der Waals surface area contributed by atoms with Crippen molar-refractivity contribution >= 4 is 0 Å². The Hall–Kier alpha value is -2.08. The van der Waals surface area contributed by atoms with E-state index in [0.717, 1.165) is 0 Å². The third-order valence-electron chi connectivity index (χ3n) is 2.63. The number of nitrogens with zero attached hydrogens (tertiary/aromatic N) is 3. The van der Waals surface area contributed by atoms with Crippen LogP contribution in [0.3, 0.4) is 0 Å². The number of aromatic nitrogens is 3. The van der Waals surface area contributed by atoms with E-state index in [9.17, 15) is 4.39 Å². The van der Waals surface area contributed by atoms with Crippen molar-refractivity contribution in [3.8, 4) is 5.88 Å². The minimum Gasteiger partial charge on any atom is -0.480 e. The van der Waals surface area contributed by atoms with Crippen LogP contribution in [0.2, 0.25) is 0 Å². The van der Waals surface area contributed by atoms with Gasteiger partial charge in [-0.2, -0.15) is 0 Å². The summed E-state index contributed by atoms with van der Waals surface area (Å²) in [6.07, 6.45) is 4.62. The Labute approximate surface area is 110 Å². The van der Waals surface area contributed by atoms with Crippen molar-refractivity contribution < 1.29 is 9.13 Å². The van der Waals surface area contributed by atoms with E-state index in [-0.39, 0.29) is 11.5 Å². The number of hydrogen-bond donors (Lipinski definition) is 1. The first kappa shape index (κ1) is 13.4. The topological polar surface area (TPSA) is 59.9 Å². The van der Waals surface area contributed by atoms with Gasteiger partial charge in [0.05, 0.1) is 12.8 Å². The van der Waals surface area contributed by atoms with Gasteiger partial charge in [0.25, 0.3) is 0 Å². The average molecular weight is 262 g/mol. The summed E-state index contributed by atoms with van der Waals surface area (Å²) >= 11 is 0. The summed E-state index contributed by atoms with van der Waals surface area (Å²) < 4.78 is 19.1. The summed E-state index contributed by atoms with van der Waals surface area (Å²) in [7, 11) is 1.51. The van der Waals surface area contributed by atoms with Crippen LogP contribution >= 0.6 is 0 Å². The number of nitrogens with one attached hydrogen (secondary N) is 1. The highest BCUT2D eigenvalue weighted by Crippen LogP contribution is 2.26. The van der Waals surface area contributed by atoms with Crippen molar-refractivity contribution in [2.45, 2.75) is 13.0 Å². The maximum atomic E-state index is 13.9. The Bertz CT molecular complexity index is 550. The molecule has 0 saturated carbocycles. The van der Waals surface area contributed by atoms with Crippen molar-refractivity contribution in [2.24, 2.45) is 0 Å². The number of pyridine rings is 1. The van der Waals surface area contributed by atoms with E-state index in [1.165, 1.54) is 19.4 Å². The lowest BCUT2D eigenvalue weighted by Crippen LogP contribution is -2.25. The zero-order valence-corrected chi connectivity index (χ0v) is 10.8. The van der Waals surface area contributed by atoms with Gasteiger partial charge in [-0.15, -0.1) is 0 Å². The summed E-state index contributed by atoms with van der Waals surface area (Å²) in [5, 5.41) is 3.15. The summed E-state index contributed by atoms with van der Waals surface area (Å²) in [5.41, 5.74) is 0.799. The Morgan fingerprint density at radius 2 is 1.95 bits per heavy atom. The zero-order chi connectivity index (χ0) is 13.7. The number of hydrogen-bond acceptors (Lipinski definition) is 5. The lowest BCUT2D eigenvalue weighted by atomic mass is 10.1. The highest BCUT2D eigenvalue weighted by atomic mass is 19.1. The summed E-state index contributed by atoms with van der Waals surface area (Å²) in [4.78, 5) is 12.4. The maximum absolute atomic E-state index is 13.9. The highest BCUT2D eigenvalue weighted by Gasteiger charge is 2.23. The van der Waals surface area contributed by atoms with E-state index in [0.29, 0.717) is 18.1 Å². The molecule has 0 radical (unpaired) electrons. The van der Waals surface area contributed by atoms with Crippen molar-refractivity contribution in [3.63, 3.8) is 0 Å². The lowest BCUT2D eigenvalue weighted by molar-refractivity contribution is 0.381. The predicted molar refractivity (Wildman–Crippen MR) is 68.3 cm³/mol. The molecule has 1 N–H and O–H groups in total. The van der Waals surface area contributed by atoms with E-state index < -0.39 is 6.04 Å². The van der Waals surface area contributed by atoms with Gasteiger partial charge in [0.2, 0.25) is 5.88 Å². The van der Waals surface area contributed by atoms with Crippen molar-refractivity contribution in [3.05, 3.63) is 47.9 Å². The second-order valence-corrected chi connectivity index (χ2v) is 3.81. The van der Waals surface area contributed by atoms with Crippen LogP contribution in [0.15, 0.2) is 30.7 Å². The van der Waals surface area contributed by atoms with Gasteiger partial charge in [-0.3, -0.25) is 9.97 Å². The zero-order valence-electron chi connectivity index (χ0n) is 10.8. The van der Waals surface area contributed by atoms with Gasteiger partial charge >= 0.3 is 0 Å². The molecule has 100 valence electrons. The third-order valence-corrected chi connectivity index (χ3v) is 2.63. The molecule has 0 spiro atoms. The molecule has 0 aliphatic rings. The van der Waals surface area contributed by atoms with Crippen LogP contribution in [0.1, 0.15) is 24.4 Å². The van der Waals surface area contributed by atoms with Gasteiger partial charge < -0.3 is 10.1 Å². The molecule has 0 aromatic carbocycles. The monoisotopic (exact) mass is 262 g/mol. The minimum atomic E-state index is -0.491. The molecule has 6 heteroatoms. The van der Waals surface area contributed by atoms with E-state index in [1.54, 1.807) is 18.5 Å². The molecule has 2 heterocycles. The molecule has 2 rings (SSSR count). The van der Waals surface area contributed by atoms with Gasteiger partial charge in [0, 0.05) is 18.6 Å². The molecule has 0 fully saturated rings. The molecule has 5 nitrogen and oxygen atoms in total. The number of rotatable bonds is 5. The maximum Gasteiger partial charge on any atom is 0.237 e. The van der Waals surface area contributed by atoms with Crippen LogP contribution in [-0.2, 0) is 0 Å². The Morgan fingerprint density at radius 1 is 1.21 bits per heavy atom. The molecular formula is C13H15FN4O. The highest BCUT2D eigenvalue weighted by molar-refractivity contribution is 5.29. The standard InChI is InChI=1S/C13H15FN4O/c1-3-15-11(10-9(14)5-4-6-16-10)12-13(19-2)18-8-7-17-12/h4-8,11,15H,3H2,1-2H3. The smallest absolute Gasteiger partial charge is 0.237 e. The quantitative estimate of drug-likeness (QED) is 0.889. The molecule has 0 aliphatic carbocycles. The molecular weight excluding hydrogens is 247 g/mol. The van der Waals surface area contributed by atoms with Gasteiger partial charge in [0.1, 0.15) is 17.6 Å². The van der Waals surface area contributed by atoms with Crippen molar-refractivity contribution in [2.75, 3.05) is 13.7 Å². The van der Waals surface area contributed by atoms with E-state index in [2.05, 4.69) is 20.3 Å². The second-order valence-electron chi connectivity index (χ2n) is 3.81. The molecule has 0 amide bonds. The van der Waals surface area contributed by atoms with Gasteiger partial charge in [0.15, 0.2) is 0 Å². The van der Waals surface area contributed by atoms with Crippen LogP contribution in [0, 0.1) is 5.82 Å². The fourth-order valence-electron chi connectivity index (χ4n) is 1.83. The molecule has 2 aromatic rings. The fraction of sp³-hybridized carbons (Fsp3) is 0.308. The molecule has 0 saturated heterocycles. The number of halogens is 1. The van der Waals surface area contributed by atoms with Crippen LogP contribution < -0.4 is 10.1 Å². The van der Waals surface area contributed by atoms with E-state index >= 15 is 0 Å². The summed E-state index contributed by atoms with van der Waals surface area (Å²) in [6, 6.07) is 2.43. The molecule has 2 aromatic heterocycles. The first-order chi connectivity index (χ1) is 9.27. The lowest BCUT2D eigenvalue weighted by Gasteiger charge is -2.18. The Kier molecular flexibility index (Phi) is 4.35. The number of ether oxygens (including phenoxy) is 1. The van der Waals surface area contributed by atoms with Gasteiger partial charge in [-0.05, 0) is 18.7 Å². The van der Waals surface area contributed by atoms with Crippen LogP contribution in [0.4, 0.5) is 4.39 Å². The van der Waals surface area contributed by atoms with Gasteiger partial charge in [-0.25, -0.2) is 9.37 Å². The Morgan fingerprint density at radius 3 is 2.63 bits per heavy atom. The first-order valence-electron chi connectivity index (χ1n) is 5.96. The van der Waals surface area contributed by atoms with Crippen molar-refractivity contribution in [1.29, 1.82) is 0 Å². The van der Waals surface area contributed by atoms with Gasteiger partial charge in [-0.1, -0.05) is 6.92 Å². The molecule has 1 unspecified atom stereocenters. The van der Waals surface area contributed by atoms with Crippen LogP contribution in [0.5, 0.6) is 5.88 Å². The average Bonchev–Trinajstić information content (AvgIpc) is 2.46. The van der Waals surface area contributed by atoms with Crippen LogP contribution in [0.25, 0.3) is 0 Å². The Balaban J connectivity index is 2.49. The largest absolute Gasteiger partial charge is 0.480 e. The molecule has 0 bridgehead atoms. The molecule has 0 aliphatic heterocycles. The van der Waals surface area contributed by atoms with Crippen molar-refractivity contribution in [1.82, 2.24) is 20.3 Å².